The molecular weight excluding hydrogens is 234 g/mol. The molecule has 19 heavy (non-hydrogen) atoms. The number of nitrogens with one attached hydrogen (secondary N) is 1. The largest absolute Gasteiger partial charge is 0.309 e. The smallest absolute Gasteiger partial charge is 0.0929 e. The van der Waals surface area contributed by atoms with E-state index in [0.29, 0.717) is 6.04 Å². The molecular formula is C16H21N3. The van der Waals surface area contributed by atoms with Crippen LogP contribution in [-0.4, -0.2) is 16.3 Å². The predicted octanol–water partition coefficient (Wildman–Crippen LogP) is 3.13. The van der Waals surface area contributed by atoms with Gasteiger partial charge in [-0.05, 0) is 44.9 Å². The highest BCUT2D eigenvalue weighted by Crippen LogP contribution is 2.28. The number of nitrogens with zero attached hydrogens (tertiary/aromatic N) is 2. The van der Waals surface area contributed by atoms with E-state index in [1.54, 1.807) is 0 Å². The van der Waals surface area contributed by atoms with Crippen LogP contribution in [0, 0.1) is 13.8 Å². The first-order valence-electron chi connectivity index (χ1n) is 7.00. The standard InChI is InChI=1S/C16H21N3/c1-11-6-7-13(12(2)9-11)15-10-16(19(3)18-15)14-5-4-8-17-14/h6-7,9-10,14,17H,4-5,8H2,1-3H3. The van der Waals surface area contributed by atoms with Crippen LogP contribution in [0.25, 0.3) is 11.3 Å². The quantitative estimate of drug-likeness (QED) is 0.893. The van der Waals surface area contributed by atoms with Crippen molar-refractivity contribution in [2.45, 2.75) is 32.7 Å². The summed E-state index contributed by atoms with van der Waals surface area (Å²) < 4.78 is 2.03. The third kappa shape index (κ3) is 2.30. The van der Waals surface area contributed by atoms with E-state index in [2.05, 4.69) is 43.4 Å². The van der Waals surface area contributed by atoms with Crippen molar-refractivity contribution in [3.05, 3.63) is 41.1 Å². The van der Waals surface area contributed by atoms with Crippen molar-refractivity contribution >= 4 is 0 Å². The Morgan fingerprint density at radius 2 is 2.11 bits per heavy atom. The van der Waals surface area contributed by atoms with E-state index in [-0.39, 0.29) is 0 Å². The van der Waals surface area contributed by atoms with Gasteiger partial charge in [-0.15, -0.1) is 0 Å². The summed E-state index contributed by atoms with van der Waals surface area (Å²) in [5, 5.41) is 8.23. The summed E-state index contributed by atoms with van der Waals surface area (Å²) in [7, 11) is 2.04. The van der Waals surface area contributed by atoms with Crippen molar-refractivity contribution in [1.82, 2.24) is 15.1 Å². The zero-order valence-corrected chi connectivity index (χ0v) is 11.9. The average molecular weight is 255 g/mol. The van der Waals surface area contributed by atoms with Crippen LogP contribution in [-0.2, 0) is 7.05 Å². The lowest BCUT2D eigenvalue weighted by Gasteiger charge is -2.09. The highest BCUT2D eigenvalue weighted by molar-refractivity contribution is 5.64. The third-order valence-corrected chi connectivity index (χ3v) is 3.99. The molecule has 3 rings (SSSR count). The van der Waals surface area contributed by atoms with Gasteiger partial charge in [-0.25, -0.2) is 0 Å². The summed E-state index contributed by atoms with van der Waals surface area (Å²) in [6, 6.07) is 9.26. The molecule has 3 heteroatoms. The van der Waals surface area contributed by atoms with Crippen LogP contribution in [0.5, 0.6) is 0 Å². The fraction of sp³-hybridized carbons (Fsp3) is 0.438. The molecule has 3 nitrogen and oxygen atoms in total. The minimum absolute atomic E-state index is 0.469. The van der Waals surface area contributed by atoms with E-state index >= 15 is 0 Å². The van der Waals surface area contributed by atoms with Gasteiger partial charge in [0.2, 0.25) is 0 Å². The molecule has 1 N–H and O–H groups in total. The SMILES string of the molecule is Cc1ccc(-c2cc(C3CCCN3)n(C)n2)c(C)c1. The van der Waals surface area contributed by atoms with E-state index < -0.39 is 0 Å². The van der Waals surface area contributed by atoms with Crippen LogP contribution in [0.3, 0.4) is 0 Å². The number of aryl methyl sites for hydroxylation is 3. The maximum absolute atomic E-state index is 4.69. The molecule has 0 bridgehead atoms. The average Bonchev–Trinajstić information content (AvgIpc) is 2.98. The summed E-state index contributed by atoms with van der Waals surface area (Å²) >= 11 is 0. The second kappa shape index (κ2) is 4.82. The van der Waals surface area contributed by atoms with Crippen LogP contribution in [0.15, 0.2) is 24.3 Å². The number of rotatable bonds is 2. The van der Waals surface area contributed by atoms with Crippen molar-refractivity contribution < 1.29 is 0 Å². The van der Waals surface area contributed by atoms with Crippen molar-refractivity contribution in [3.63, 3.8) is 0 Å². The molecule has 1 aliphatic heterocycles. The normalized spacial score (nSPS) is 19.0. The van der Waals surface area contributed by atoms with Gasteiger partial charge in [-0.3, -0.25) is 4.68 Å². The first-order chi connectivity index (χ1) is 9.15. The van der Waals surface area contributed by atoms with Crippen molar-refractivity contribution in [1.29, 1.82) is 0 Å². The van der Waals surface area contributed by atoms with Gasteiger partial charge in [0, 0.05) is 18.7 Å². The first kappa shape index (κ1) is 12.4. The molecule has 1 fully saturated rings. The maximum Gasteiger partial charge on any atom is 0.0929 e. The van der Waals surface area contributed by atoms with Gasteiger partial charge >= 0.3 is 0 Å². The third-order valence-electron chi connectivity index (χ3n) is 3.99. The number of hydrogen-bond donors (Lipinski definition) is 1. The fourth-order valence-corrected chi connectivity index (χ4v) is 2.98. The molecule has 1 aromatic carbocycles. The van der Waals surface area contributed by atoms with Gasteiger partial charge < -0.3 is 5.32 Å². The van der Waals surface area contributed by atoms with Crippen LogP contribution in [0.2, 0.25) is 0 Å². The Hall–Kier alpha value is -1.61. The molecule has 1 saturated heterocycles. The molecule has 0 radical (unpaired) electrons. The van der Waals surface area contributed by atoms with E-state index in [0.717, 1.165) is 12.2 Å². The van der Waals surface area contributed by atoms with Crippen molar-refractivity contribution in [2.75, 3.05) is 6.54 Å². The van der Waals surface area contributed by atoms with Crippen LogP contribution in [0.1, 0.15) is 35.7 Å². The first-order valence-corrected chi connectivity index (χ1v) is 7.00. The van der Waals surface area contributed by atoms with Gasteiger partial charge in [0.25, 0.3) is 0 Å². The van der Waals surface area contributed by atoms with E-state index in [1.165, 1.54) is 35.2 Å². The minimum Gasteiger partial charge on any atom is -0.309 e. The molecule has 100 valence electrons. The van der Waals surface area contributed by atoms with E-state index in [9.17, 15) is 0 Å². The van der Waals surface area contributed by atoms with Crippen LogP contribution in [0.4, 0.5) is 0 Å². The zero-order valence-electron chi connectivity index (χ0n) is 11.9. The second-order valence-corrected chi connectivity index (χ2v) is 5.55. The molecule has 1 aromatic heterocycles. The minimum atomic E-state index is 0.469. The predicted molar refractivity (Wildman–Crippen MR) is 78.1 cm³/mol. The lowest BCUT2D eigenvalue weighted by atomic mass is 10.0. The van der Waals surface area contributed by atoms with Crippen molar-refractivity contribution in [2.24, 2.45) is 7.05 Å². The van der Waals surface area contributed by atoms with E-state index in [4.69, 9.17) is 5.10 Å². The molecule has 0 amide bonds. The molecule has 0 saturated carbocycles. The van der Waals surface area contributed by atoms with Crippen molar-refractivity contribution in [3.8, 4) is 11.3 Å². The Morgan fingerprint density at radius 1 is 1.26 bits per heavy atom. The summed E-state index contributed by atoms with van der Waals surface area (Å²) in [6.45, 7) is 5.41. The Balaban J connectivity index is 1.99. The summed E-state index contributed by atoms with van der Waals surface area (Å²) in [5.74, 6) is 0. The molecule has 1 unspecified atom stereocenters. The highest BCUT2D eigenvalue weighted by Gasteiger charge is 2.21. The van der Waals surface area contributed by atoms with E-state index in [1.807, 2.05) is 11.7 Å². The van der Waals surface area contributed by atoms with Gasteiger partial charge in [0.15, 0.2) is 0 Å². The molecule has 1 atom stereocenters. The van der Waals surface area contributed by atoms with Gasteiger partial charge in [0.1, 0.15) is 0 Å². The van der Waals surface area contributed by atoms with Crippen LogP contribution < -0.4 is 5.32 Å². The summed E-state index contributed by atoms with van der Waals surface area (Å²) in [6.07, 6.45) is 2.47. The van der Waals surface area contributed by atoms with Gasteiger partial charge in [-0.2, -0.15) is 5.10 Å². The van der Waals surface area contributed by atoms with Gasteiger partial charge in [0.05, 0.1) is 11.4 Å². The number of hydrogen-bond acceptors (Lipinski definition) is 2. The Bertz CT molecular complexity index is 592. The summed E-state index contributed by atoms with van der Waals surface area (Å²) in [4.78, 5) is 0. The summed E-state index contributed by atoms with van der Waals surface area (Å²) in [5.41, 5.74) is 6.22. The second-order valence-electron chi connectivity index (χ2n) is 5.55. The molecule has 1 aliphatic rings. The maximum atomic E-state index is 4.69. The number of benzene rings is 1. The monoisotopic (exact) mass is 255 g/mol. The zero-order chi connectivity index (χ0) is 13.4. The Labute approximate surface area is 114 Å². The molecule has 2 heterocycles. The lowest BCUT2D eigenvalue weighted by Crippen LogP contribution is -2.16. The fourth-order valence-electron chi connectivity index (χ4n) is 2.98. The van der Waals surface area contributed by atoms with Gasteiger partial charge in [-0.1, -0.05) is 23.8 Å². The topological polar surface area (TPSA) is 29.9 Å². The molecule has 0 aliphatic carbocycles. The highest BCUT2D eigenvalue weighted by atomic mass is 15.3. The molecule has 0 spiro atoms. The molecule has 2 aromatic rings. The number of aromatic nitrogens is 2. The lowest BCUT2D eigenvalue weighted by molar-refractivity contribution is 0.574. The Kier molecular flexibility index (Phi) is 3.15. The Morgan fingerprint density at radius 3 is 2.79 bits per heavy atom. The van der Waals surface area contributed by atoms with Crippen LogP contribution >= 0.6 is 0 Å².